The summed E-state index contributed by atoms with van der Waals surface area (Å²) in [4.78, 5) is 10.2. The number of benzene rings is 1. The molecule has 0 aliphatic rings. The molecule has 0 heterocycles. The fraction of sp³-hybridized carbons (Fsp3) is 0. The molecule has 0 unspecified atom stereocenters. The van der Waals surface area contributed by atoms with Gasteiger partial charge in [-0.15, -0.1) is 0 Å². The van der Waals surface area contributed by atoms with Crippen LogP contribution in [0, 0.1) is 0 Å². The zero-order valence-electron chi connectivity index (χ0n) is 5.61. The number of carbonyl (C=O) groups excluding carboxylic acids is 1. The molecule has 0 spiro atoms. The highest BCUT2D eigenvalue weighted by atomic mass is 16.3. The van der Waals surface area contributed by atoms with E-state index in [-0.39, 0.29) is 17.0 Å². The Hall–Kier alpha value is -1.71. The zero-order chi connectivity index (χ0) is 8.43. The summed E-state index contributed by atoms with van der Waals surface area (Å²) in [5.41, 5.74) is 5.45. The first kappa shape index (κ1) is 7.40. The monoisotopic (exact) mass is 153 g/mol. The van der Waals surface area contributed by atoms with E-state index in [9.17, 15) is 4.79 Å². The molecule has 0 aliphatic carbocycles. The molecule has 0 saturated carbocycles. The standard InChI is InChI=1S/C7H7NO3/c8-5-1-4(3-9)2-6(10)7(5)11/h1-3,10-11H,8H2. The second-order valence-corrected chi connectivity index (χ2v) is 2.10. The van der Waals surface area contributed by atoms with E-state index in [4.69, 9.17) is 15.9 Å². The Morgan fingerprint density at radius 2 is 2.00 bits per heavy atom. The van der Waals surface area contributed by atoms with Gasteiger partial charge in [-0.2, -0.15) is 0 Å². The lowest BCUT2D eigenvalue weighted by Crippen LogP contribution is -1.88. The van der Waals surface area contributed by atoms with Crippen LogP contribution in [0.5, 0.6) is 11.5 Å². The third-order valence-electron chi connectivity index (χ3n) is 1.28. The summed E-state index contributed by atoms with van der Waals surface area (Å²) >= 11 is 0. The summed E-state index contributed by atoms with van der Waals surface area (Å²) in [5, 5.41) is 17.9. The SMILES string of the molecule is Nc1cc(C=O)cc(O)c1O. The maximum atomic E-state index is 10.2. The van der Waals surface area contributed by atoms with Gasteiger partial charge in [-0.1, -0.05) is 0 Å². The Morgan fingerprint density at radius 3 is 2.45 bits per heavy atom. The van der Waals surface area contributed by atoms with Crippen LogP contribution >= 0.6 is 0 Å². The van der Waals surface area contributed by atoms with Crippen molar-refractivity contribution >= 4 is 12.0 Å². The molecule has 1 rings (SSSR count). The number of rotatable bonds is 1. The molecule has 11 heavy (non-hydrogen) atoms. The first-order valence-electron chi connectivity index (χ1n) is 2.91. The second-order valence-electron chi connectivity index (χ2n) is 2.10. The Kier molecular flexibility index (Phi) is 1.68. The molecule has 0 aliphatic heterocycles. The highest BCUT2D eigenvalue weighted by Gasteiger charge is 2.04. The molecular formula is C7H7NO3. The van der Waals surface area contributed by atoms with E-state index in [0.29, 0.717) is 6.29 Å². The minimum Gasteiger partial charge on any atom is -0.504 e. The lowest BCUT2D eigenvalue weighted by atomic mass is 10.2. The number of phenols is 2. The largest absolute Gasteiger partial charge is 0.504 e. The van der Waals surface area contributed by atoms with Gasteiger partial charge in [-0.25, -0.2) is 0 Å². The van der Waals surface area contributed by atoms with Gasteiger partial charge in [0.2, 0.25) is 0 Å². The van der Waals surface area contributed by atoms with Gasteiger partial charge in [-0.3, -0.25) is 4.79 Å². The second kappa shape index (κ2) is 2.49. The number of hydrogen-bond acceptors (Lipinski definition) is 4. The normalized spacial score (nSPS) is 9.45. The summed E-state index contributed by atoms with van der Waals surface area (Å²) in [7, 11) is 0. The van der Waals surface area contributed by atoms with Crippen molar-refractivity contribution in [3.05, 3.63) is 17.7 Å². The molecule has 58 valence electrons. The zero-order valence-corrected chi connectivity index (χ0v) is 5.61. The topological polar surface area (TPSA) is 83.6 Å². The highest BCUT2D eigenvalue weighted by molar-refractivity contribution is 5.80. The summed E-state index contributed by atoms with van der Waals surface area (Å²) in [6.07, 6.45) is 0.537. The lowest BCUT2D eigenvalue weighted by Gasteiger charge is -2.01. The van der Waals surface area contributed by atoms with Crippen LogP contribution in [0.2, 0.25) is 0 Å². The fourth-order valence-corrected chi connectivity index (χ4v) is 0.732. The van der Waals surface area contributed by atoms with E-state index in [2.05, 4.69) is 0 Å². The summed E-state index contributed by atoms with van der Waals surface area (Å²) in [6.45, 7) is 0. The first-order chi connectivity index (χ1) is 5.15. The van der Waals surface area contributed by atoms with Crippen molar-refractivity contribution in [2.75, 3.05) is 5.73 Å². The van der Waals surface area contributed by atoms with Gasteiger partial charge in [0.15, 0.2) is 11.5 Å². The fourth-order valence-electron chi connectivity index (χ4n) is 0.732. The molecule has 0 saturated heterocycles. The Morgan fingerprint density at radius 1 is 1.36 bits per heavy atom. The Labute approximate surface area is 62.9 Å². The molecule has 0 fully saturated rings. The number of nitrogens with two attached hydrogens (primary N) is 1. The average Bonchev–Trinajstić information content (AvgIpc) is 1.99. The molecule has 0 radical (unpaired) electrons. The van der Waals surface area contributed by atoms with E-state index in [1.54, 1.807) is 0 Å². The molecule has 4 heteroatoms. The van der Waals surface area contributed by atoms with Crippen LogP contribution in [-0.2, 0) is 0 Å². The van der Waals surface area contributed by atoms with E-state index in [1.807, 2.05) is 0 Å². The van der Waals surface area contributed by atoms with E-state index in [0.717, 1.165) is 6.07 Å². The molecule has 0 aromatic heterocycles. The lowest BCUT2D eigenvalue weighted by molar-refractivity contribution is 0.112. The summed E-state index contributed by atoms with van der Waals surface area (Å²) in [6, 6.07) is 2.42. The van der Waals surface area contributed by atoms with Crippen LogP contribution in [0.25, 0.3) is 0 Å². The van der Waals surface area contributed by atoms with Gasteiger partial charge in [0, 0.05) is 5.56 Å². The summed E-state index contributed by atoms with van der Waals surface area (Å²) < 4.78 is 0. The van der Waals surface area contributed by atoms with Gasteiger partial charge >= 0.3 is 0 Å². The van der Waals surface area contributed by atoms with Crippen molar-refractivity contribution in [3.8, 4) is 11.5 Å². The third kappa shape index (κ3) is 1.24. The molecule has 1 aromatic carbocycles. The van der Waals surface area contributed by atoms with Gasteiger partial charge in [0.1, 0.15) is 6.29 Å². The number of nitrogen functional groups attached to an aromatic ring is 1. The van der Waals surface area contributed by atoms with Crippen LogP contribution < -0.4 is 5.73 Å². The number of carbonyl (C=O) groups is 1. The molecule has 0 amide bonds. The average molecular weight is 153 g/mol. The van der Waals surface area contributed by atoms with Crippen molar-refractivity contribution in [3.63, 3.8) is 0 Å². The molecule has 0 bridgehead atoms. The maximum Gasteiger partial charge on any atom is 0.181 e. The smallest absolute Gasteiger partial charge is 0.181 e. The van der Waals surface area contributed by atoms with Gasteiger partial charge < -0.3 is 15.9 Å². The molecule has 1 aromatic rings. The molecule has 4 nitrogen and oxygen atoms in total. The minimum atomic E-state index is -0.393. The molecule has 4 N–H and O–H groups in total. The first-order valence-corrected chi connectivity index (χ1v) is 2.91. The van der Waals surface area contributed by atoms with Crippen molar-refractivity contribution < 1.29 is 15.0 Å². The number of anilines is 1. The predicted octanol–water partition coefficient (Wildman–Crippen LogP) is 0.492. The Bertz CT molecular complexity index is 273. The van der Waals surface area contributed by atoms with Crippen LogP contribution in [0.1, 0.15) is 10.4 Å². The van der Waals surface area contributed by atoms with Gasteiger partial charge in [0.05, 0.1) is 5.69 Å². The van der Waals surface area contributed by atoms with Crippen molar-refractivity contribution in [2.24, 2.45) is 0 Å². The summed E-state index contributed by atoms with van der Waals surface area (Å²) in [5.74, 6) is -0.775. The van der Waals surface area contributed by atoms with Crippen molar-refractivity contribution in [2.45, 2.75) is 0 Å². The third-order valence-corrected chi connectivity index (χ3v) is 1.28. The minimum absolute atomic E-state index is 0.00731. The number of phenolic OH excluding ortho intramolecular Hbond substituents is 2. The van der Waals surface area contributed by atoms with E-state index in [1.165, 1.54) is 6.07 Å². The van der Waals surface area contributed by atoms with Crippen molar-refractivity contribution in [1.29, 1.82) is 0 Å². The predicted molar refractivity (Wildman–Crippen MR) is 39.6 cm³/mol. The molecular weight excluding hydrogens is 146 g/mol. The van der Waals surface area contributed by atoms with Crippen LogP contribution in [-0.4, -0.2) is 16.5 Å². The van der Waals surface area contributed by atoms with Crippen LogP contribution in [0.15, 0.2) is 12.1 Å². The van der Waals surface area contributed by atoms with Gasteiger partial charge in [0.25, 0.3) is 0 Å². The number of aromatic hydroxyl groups is 2. The van der Waals surface area contributed by atoms with Crippen LogP contribution in [0.3, 0.4) is 0 Å². The van der Waals surface area contributed by atoms with Crippen molar-refractivity contribution in [1.82, 2.24) is 0 Å². The Balaban J connectivity index is 3.31. The maximum absolute atomic E-state index is 10.2. The van der Waals surface area contributed by atoms with Crippen LogP contribution in [0.4, 0.5) is 5.69 Å². The molecule has 0 atom stereocenters. The van der Waals surface area contributed by atoms with Gasteiger partial charge in [-0.05, 0) is 12.1 Å². The number of aldehydes is 1. The van der Waals surface area contributed by atoms with E-state index >= 15 is 0 Å². The highest BCUT2D eigenvalue weighted by Crippen LogP contribution is 2.31. The quantitative estimate of drug-likeness (QED) is 0.311. The van der Waals surface area contributed by atoms with E-state index < -0.39 is 5.75 Å². The number of hydrogen-bond donors (Lipinski definition) is 3.